The number of halogens is 2. The van der Waals surface area contributed by atoms with E-state index in [1.165, 1.54) is 10.7 Å². The van der Waals surface area contributed by atoms with E-state index in [1.807, 2.05) is 0 Å². The summed E-state index contributed by atoms with van der Waals surface area (Å²) in [4.78, 5) is 1.80. The summed E-state index contributed by atoms with van der Waals surface area (Å²) in [6, 6.07) is 2.15. The quantitative estimate of drug-likeness (QED) is 0.869. The predicted molar refractivity (Wildman–Crippen MR) is 74.0 cm³/mol. The molecule has 0 spiro atoms. The number of hydrogen-bond donors (Lipinski definition) is 1. The minimum atomic E-state index is -0.624. The SMILES string of the molecule is C=C1CCN(c2nn(C)c3c(F)cc(F)cc23)C(=C)N1. The molecular formula is C14H14F2N4. The summed E-state index contributed by atoms with van der Waals surface area (Å²) >= 11 is 0. The van der Waals surface area contributed by atoms with E-state index in [4.69, 9.17) is 0 Å². The Morgan fingerprint density at radius 3 is 2.75 bits per heavy atom. The van der Waals surface area contributed by atoms with E-state index in [1.54, 1.807) is 11.9 Å². The first-order valence-electron chi connectivity index (χ1n) is 6.20. The molecule has 20 heavy (non-hydrogen) atoms. The smallest absolute Gasteiger partial charge is 0.164 e. The standard InChI is InChI=1S/C14H14F2N4/c1-8-4-5-20(9(2)17-8)14-11-6-10(15)7-12(16)13(11)19(3)18-14/h6-7,17H,1-2,4-5H2,3H3. The Kier molecular flexibility index (Phi) is 2.74. The first-order chi connectivity index (χ1) is 9.47. The van der Waals surface area contributed by atoms with E-state index in [9.17, 15) is 8.78 Å². The van der Waals surface area contributed by atoms with E-state index >= 15 is 0 Å². The molecule has 0 unspecified atom stereocenters. The zero-order chi connectivity index (χ0) is 14.4. The number of fused-ring (bicyclic) bond motifs is 1. The van der Waals surface area contributed by atoms with Crippen LogP contribution in [0.15, 0.2) is 36.8 Å². The van der Waals surface area contributed by atoms with Gasteiger partial charge >= 0.3 is 0 Å². The van der Waals surface area contributed by atoms with Gasteiger partial charge in [-0.1, -0.05) is 13.2 Å². The Morgan fingerprint density at radius 2 is 2.05 bits per heavy atom. The van der Waals surface area contributed by atoms with Crippen molar-refractivity contribution >= 4 is 16.7 Å². The van der Waals surface area contributed by atoms with Crippen molar-refractivity contribution in [3.05, 3.63) is 48.4 Å². The summed E-state index contributed by atoms with van der Waals surface area (Å²) in [5.41, 5.74) is 1.14. The highest BCUT2D eigenvalue weighted by molar-refractivity contribution is 5.92. The van der Waals surface area contributed by atoms with Gasteiger partial charge in [0.1, 0.15) is 17.2 Å². The summed E-state index contributed by atoms with van der Waals surface area (Å²) in [5, 5.41) is 7.76. The lowest BCUT2D eigenvalue weighted by molar-refractivity contribution is 0.586. The topological polar surface area (TPSA) is 33.1 Å². The molecule has 1 saturated heterocycles. The van der Waals surface area contributed by atoms with Crippen molar-refractivity contribution in [2.75, 3.05) is 11.4 Å². The van der Waals surface area contributed by atoms with Gasteiger partial charge in [-0.05, 0) is 6.07 Å². The van der Waals surface area contributed by atoms with E-state index < -0.39 is 11.6 Å². The molecule has 0 amide bonds. The highest BCUT2D eigenvalue weighted by atomic mass is 19.1. The monoisotopic (exact) mass is 276 g/mol. The fourth-order valence-corrected chi connectivity index (χ4v) is 2.46. The zero-order valence-electron chi connectivity index (χ0n) is 11.1. The van der Waals surface area contributed by atoms with Gasteiger partial charge in [0.15, 0.2) is 11.6 Å². The first kappa shape index (κ1) is 12.7. The van der Waals surface area contributed by atoms with Gasteiger partial charge < -0.3 is 10.2 Å². The number of benzene rings is 1. The van der Waals surface area contributed by atoms with Gasteiger partial charge in [0, 0.05) is 31.8 Å². The van der Waals surface area contributed by atoms with Crippen molar-refractivity contribution in [1.82, 2.24) is 15.1 Å². The van der Waals surface area contributed by atoms with Gasteiger partial charge in [-0.15, -0.1) is 0 Å². The normalized spacial score (nSPS) is 15.8. The Hall–Kier alpha value is -2.37. The maximum absolute atomic E-state index is 13.9. The maximum atomic E-state index is 13.9. The Bertz CT molecular complexity index is 732. The molecule has 1 N–H and O–H groups in total. The Balaban J connectivity index is 2.17. The lowest BCUT2D eigenvalue weighted by atomic mass is 10.2. The second-order valence-electron chi connectivity index (χ2n) is 4.81. The molecule has 1 aromatic heterocycles. The highest BCUT2D eigenvalue weighted by Crippen LogP contribution is 2.31. The molecule has 1 aliphatic heterocycles. The molecule has 3 rings (SSSR count). The molecule has 1 fully saturated rings. The number of rotatable bonds is 1. The highest BCUT2D eigenvalue weighted by Gasteiger charge is 2.23. The van der Waals surface area contributed by atoms with Crippen molar-refractivity contribution in [1.29, 1.82) is 0 Å². The second-order valence-corrected chi connectivity index (χ2v) is 4.81. The molecular weight excluding hydrogens is 262 g/mol. The Morgan fingerprint density at radius 1 is 1.30 bits per heavy atom. The van der Waals surface area contributed by atoms with Crippen LogP contribution in [-0.4, -0.2) is 16.3 Å². The number of nitrogens with one attached hydrogen (secondary N) is 1. The van der Waals surface area contributed by atoms with Crippen molar-refractivity contribution in [3.8, 4) is 0 Å². The molecule has 2 heterocycles. The number of nitrogens with zero attached hydrogens (tertiary/aromatic N) is 3. The molecule has 0 atom stereocenters. The van der Waals surface area contributed by atoms with E-state index in [2.05, 4.69) is 23.6 Å². The summed E-state index contributed by atoms with van der Waals surface area (Å²) < 4.78 is 28.8. The van der Waals surface area contributed by atoms with Crippen molar-refractivity contribution in [3.63, 3.8) is 0 Å². The van der Waals surface area contributed by atoms with Crippen LogP contribution in [0.1, 0.15) is 6.42 Å². The third-order valence-electron chi connectivity index (χ3n) is 3.38. The van der Waals surface area contributed by atoms with Crippen LogP contribution < -0.4 is 10.2 Å². The van der Waals surface area contributed by atoms with Gasteiger partial charge in [0.05, 0.1) is 5.39 Å². The third kappa shape index (κ3) is 1.84. The average molecular weight is 276 g/mol. The number of aryl methyl sites for hydroxylation is 1. The van der Waals surface area contributed by atoms with Crippen LogP contribution in [0.5, 0.6) is 0 Å². The third-order valence-corrected chi connectivity index (χ3v) is 3.38. The summed E-state index contributed by atoms with van der Waals surface area (Å²) in [6.45, 7) is 8.36. The largest absolute Gasteiger partial charge is 0.346 e. The molecule has 0 saturated carbocycles. The van der Waals surface area contributed by atoms with E-state index in [-0.39, 0.29) is 5.52 Å². The van der Waals surface area contributed by atoms with Crippen LogP contribution in [0.4, 0.5) is 14.6 Å². The molecule has 0 radical (unpaired) electrons. The van der Waals surface area contributed by atoms with Crippen molar-refractivity contribution in [2.24, 2.45) is 7.05 Å². The second kappa shape index (κ2) is 4.33. The number of hydrogen-bond acceptors (Lipinski definition) is 3. The first-order valence-corrected chi connectivity index (χ1v) is 6.20. The molecule has 1 aromatic carbocycles. The van der Waals surface area contributed by atoms with Crippen LogP contribution in [0.2, 0.25) is 0 Å². The number of anilines is 1. The molecule has 0 aliphatic carbocycles. The molecule has 1 aliphatic rings. The lowest BCUT2D eigenvalue weighted by Crippen LogP contribution is -2.37. The van der Waals surface area contributed by atoms with Gasteiger partial charge in [0.25, 0.3) is 0 Å². The van der Waals surface area contributed by atoms with Crippen LogP contribution in [0.3, 0.4) is 0 Å². The van der Waals surface area contributed by atoms with Gasteiger partial charge in [-0.2, -0.15) is 5.10 Å². The summed E-state index contributed by atoms with van der Waals surface area (Å²) in [5.74, 6) is -0.151. The van der Waals surface area contributed by atoms with Gasteiger partial charge in [-0.25, -0.2) is 8.78 Å². The fraction of sp³-hybridized carbons (Fsp3) is 0.214. The minimum absolute atomic E-state index is 0.276. The zero-order valence-corrected chi connectivity index (χ0v) is 11.1. The molecule has 2 aromatic rings. The number of aromatic nitrogens is 2. The van der Waals surface area contributed by atoms with E-state index in [0.717, 1.165) is 18.2 Å². The van der Waals surface area contributed by atoms with Crippen molar-refractivity contribution < 1.29 is 8.78 Å². The maximum Gasteiger partial charge on any atom is 0.164 e. The van der Waals surface area contributed by atoms with Crippen LogP contribution in [-0.2, 0) is 7.05 Å². The molecule has 6 heteroatoms. The van der Waals surface area contributed by atoms with Crippen molar-refractivity contribution in [2.45, 2.75) is 6.42 Å². The van der Waals surface area contributed by atoms with Crippen LogP contribution in [0.25, 0.3) is 10.9 Å². The van der Waals surface area contributed by atoms with Gasteiger partial charge in [0.2, 0.25) is 0 Å². The molecule has 104 valence electrons. The summed E-state index contributed by atoms with van der Waals surface area (Å²) in [6.07, 6.45) is 0.717. The molecule has 0 bridgehead atoms. The van der Waals surface area contributed by atoms with Crippen LogP contribution >= 0.6 is 0 Å². The average Bonchev–Trinajstić information content (AvgIpc) is 2.66. The molecule has 4 nitrogen and oxygen atoms in total. The van der Waals surface area contributed by atoms with Crippen LogP contribution in [0, 0.1) is 11.6 Å². The fourth-order valence-electron chi connectivity index (χ4n) is 2.46. The lowest BCUT2D eigenvalue weighted by Gasteiger charge is -2.31. The van der Waals surface area contributed by atoms with E-state index in [0.29, 0.717) is 23.6 Å². The predicted octanol–water partition coefficient (Wildman–Crippen LogP) is 2.64. The van der Waals surface area contributed by atoms with Gasteiger partial charge in [-0.3, -0.25) is 4.68 Å². The summed E-state index contributed by atoms with van der Waals surface area (Å²) in [7, 11) is 1.63. The Labute approximate surface area is 115 Å². The minimum Gasteiger partial charge on any atom is -0.346 e.